The monoisotopic (exact) mass is 1170 g/mol. The summed E-state index contributed by atoms with van der Waals surface area (Å²) in [7, 11) is 0. The van der Waals surface area contributed by atoms with Crippen molar-refractivity contribution in [3.05, 3.63) is 36.4 Å². The van der Waals surface area contributed by atoms with Gasteiger partial charge in [-0.25, -0.2) is 0 Å². The second-order valence-corrected chi connectivity index (χ2v) is 25.5. The molecule has 0 unspecified atom stereocenters. The van der Waals surface area contributed by atoms with Gasteiger partial charge >= 0.3 is 0 Å². The predicted molar refractivity (Wildman–Crippen MR) is 368 cm³/mol. The van der Waals surface area contributed by atoms with Crippen LogP contribution in [-0.4, -0.2) is 39.6 Å². The van der Waals surface area contributed by atoms with Crippen molar-refractivity contribution in [1.82, 2.24) is 0 Å². The van der Waals surface area contributed by atoms with E-state index in [4.69, 9.17) is 28.4 Å². The second-order valence-electron chi connectivity index (χ2n) is 25.5. The number of hydrogen-bond donors (Lipinski definition) is 0. The van der Waals surface area contributed by atoms with E-state index < -0.39 is 0 Å². The fourth-order valence-corrected chi connectivity index (χ4v) is 12.2. The Morgan fingerprint density at radius 1 is 0.155 bits per heavy atom. The predicted octanol–water partition coefficient (Wildman–Crippen LogP) is 26.3. The zero-order valence-corrected chi connectivity index (χ0v) is 56.1. The highest BCUT2D eigenvalue weighted by atomic mass is 16.5. The van der Waals surface area contributed by atoms with Crippen molar-refractivity contribution in [1.29, 1.82) is 0 Å². The Balaban J connectivity index is 1.82. The van der Waals surface area contributed by atoms with E-state index in [0.29, 0.717) is 39.6 Å². The van der Waals surface area contributed by atoms with E-state index in [1.165, 1.54) is 270 Å². The van der Waals surface area contributed by atoms with Crippen LogP contribution in [0.1, 0.15) is 350 Å². The molecule has 0 heterocycles. The van der Waals surface area contributed by atoms with Crippen molar-refractivity contribution in [2.24, 2.45) is 0 Å². The topological polar surface area (TPSA) is 55.4 Å². The molecule has 4 aromatic carbocycles. The zero-order valence-electron chi connectivity index (χ0n) is 56.1. The highest BCUT2D eigenvalue weighted by Gasteiger charge is 2.21. The van der Waals surface area contributed by atoms with Gasteiger partial charge in [0.2, 0.25) is 0 Å². The molecule has 6 nitrogen and oxygen atoms in total. The van der Waals surface area contributed by atoms with E-state index in [-0.39, 0.29) is 0 Å². The Labute approximate surface area is 518 Å². The lowest BCUT2D eigenvalue weighted by Gasteiger charge is -2.21. The van der Waals surface area contributed by atoms with Gasteiger partial charge < -0.3 is 28.4 Å². The molecule has 0 saturated carbocycles. The third-order valence-electron chi connectivity index (χ3n) is 17.7. The van der Waals surface area contributed by atoms with Gasteiger partial charge in [0.1, 0.15) is 0 Å². The lowest BCUT2D eigenvalue weighted by atomic mass is 9.93. The molecule has 0 aliphatic rings. The van der Waals surface area contributed by atoms with Gasteiger partial charge in [0, 0.05) is 0 Å². The summed E-state index contributed by atoms with van der Waals surface area (Å²) >= 11 is 0. The summed E-state index contributed by atoms with van der Waals surface area (Å²) in [5, 5.41) is 6.89. The van der Waals surface area contributed by atoms with E-state index in [2.05, 4.69) is 77.9 Å². The highest BCUT2D eigenvalue weighted by molar-refractivity contribution is 6.26. The lowest BCUT2D eigenvalue weighted by Crippen LogP contribution is -2.05. The van der Waals surface area contributed by atoms with Crippen LogP contribution in [0.3, 0.4) is 0 Å². The fraction of sp³-hybridized carbons (Fsp3) is 0.769. The number of hydrogen-bond acceptors (Lipinski definition) is 6. The number of unbranched alkanes of at least 4 members (excludes halogenated alkanes) is 42. The van der Waals surface area contributed by atoms with Gasteiger partial charge in [-0.15, -0.1) is 0 Å². The van der Waals surface area contributed by atoms with Gasteiger partial charge in [-0.1, -0.05) is 311 Å². The molecule has 0 aliphatic heterocycles. The largest absolute Gasteiger partial charge is 0.490 e. The van der Waals surface area contributed by atoms with Crippen LogP contribution >= 0.6 is 0 Å². The summed E-state index contributed by atoms with van der Waals surface area (Å²) in [5.74, 6) is 5.08. The van der Waals surface area contributed by atoms with Crippen LogP contribution in [-0.2, 0) is 0 Å². The number of ether oxygens (including phenoxy) is 6. The van der Waals surface area contributed by atoms with Crippen LogP contribution in [0, 0.1) is 0 Å². The molecule has 0 fully saturated rings. The zero-order chi connectivity index (χ0) is 59.6. The SMILES string of the molecule is CCCCCCCCCCOc1cc2c3cc(OCCCCCCCCCC)c(OCCCCCCCCCC)cc3c3cc(OCCCCCCCCCC)c(OCCCCCCCCCC)cc3c2cc1OCCCCCCCCCC. The standard InChI is InChI=1S/C78H132O6/c1-7-13-19-25-31-37-43-49-55-79-73-61-67-68(62-74(73)80-56-50-44-38-32-26-20-14-8-2)70-64-76(82-58-52-46-40-34-28-22-16-10-4)78(84-60-54-48-42-36-30-24-18-12-6)66-72(70)71-65-77(83-59-53-47-41-35-29-23-17-11-5)75(63-69(67)71)81-57-51-45-39-33-27-21-15-9-3/h61-66H,7-60H2,1-6H3. The third kappa shape index (κ3) is 31.4. The normalized spacial score (nSPS) is 11.6. The minimum atomic E-state index is 0.681. The van der Waals surface area contributed by atoms with Crippen LogP contribution in [0.25, 0.3) is 32.3 Å². The molecular formula is C78H132O6. The maximum absolute atomic E-state index is 6.91. The van der Waals surface area contributed by atoms with Crippen LogP contribution < -0.4 is 28.4 Å². The van der Waals surface area contributed by atoms with Gasteiger partial charge in [-0.2, -0.15) is 0 Å². The lowest BCUT2D eigenvalue weighted by molar-refractivity contribution is 0.258. The van der Waals surface area contributed by atoms with E-state index in [0.717, 1.165) is 105 Å². The van der Waals surface area contributed by atoms with Crippen LogP contribution in [0.4, 0.5) is 0 Å². The van der Waals surface area contributed by atoms with E-state index in [9.17, 15) is 0 Å². The second kappa shape index (κ2) is 50.5. The molecule has 0 saturated heterocycles. The summed E-state index contributed by atoms with van der Waals surface area (Å²) in [6.07, 6.45) is 60.8. The summed E-state index contributed by atoms with van der Waals surface area (Å²) in [6.45, 7) is 17.9. The molecule has 84 heavy (non-hydrogen) atoms. The van der Waals surface area contributed by atoms with Gasteiger partial charge in [0.25, 0.3) is 0 Å². The first kappa shape index (κ1) is 72.9. The molecule has 0 aliphatic carbocycles. The molecule has 0 amide bonds. The van der Waals surface area contributed by atoms with Gasteiger partial charge in [0.15, 0.2) is 34.5 Å². The Bertz CT molecular complexity index is 1760. The van der Waals surface area contributed by atoms with Crippen molar-refractivity contribution in [3.63, 3.8) is 0 Å². The van der Waals surface area contributed by atoms with Crippen molar-refractivity contribution < 1.29 is 28.4 Å². The number of rotatable bonds is 60. The van der Waals surface area contributed by atoms with Crippen molar-refractivity contribution in [2.75, 3.05) is 39.6 Å². The van der Waals surface area contributed by atoms with Gasteiger partial charge in [-0.3, -0.25) is 0 Å². The molecular weight excluding hydrogens is 1030 g/mol. The summed E-state index contributed by atoms with van der Waals surface area (Å²) in [6, 6.07) is 13.8. The molecule has 4 aromatic rings. The molecule has 0 N–H and O–H groups in total. The maximum atomic E-state index is 6.91. The minimum Gasteiger partial charge on any atom is -0.490 e. The highest BCUT2D eigenvalue weighted by Crippen LogP contribution is 2.47. The molecule has 4 rings (SSSR count). The van der Waals surface area contributed by atoms with Crippen LogP contribution in [0.5, 0.6) is 34.5 Å². The molecule has 0 spiro atoms. The average Bonchev–Trinajstić information content (AvgIpc) is 1.86. The van der Waals surface area contributed by atoms with Gasteiger partial charge in [0.05, 0.1) is 39.6 Å². The van der Waals surface area contributed by atoms with Crippen LogP contribution in [0.2, 0.25) is 0 Å². The summed E-state index contributed by atoms with van der Waals surface area (Å²) < 4.78 is 41.5. The fourth-order valence-electron chi connectivity index (χ4n) is 12.2. The average molecular weight is 1170 g/mol. The van der Waals surface area contributed by atoms with Gasteiger partial charge in [-0.05, 0) is 107 Å². The van der Waals surface area contributed by atoms with E-state index >= 15 is 0 Å². The first-order valence-corrected chi connectivity index (χ1v) is 36.9. The Kier molecular flexibility index (Phi) is 43.8. The summed E-state index contributed by atoms with van der Waals surface area (Å²) in [4.78, 5) is 0. The van der Waals surface area contributed by atoms with Crippen molar-refractivity contribution in [2.45, 2.75) is 350 Å². The Hall–Kier alpha value is -3.54. The smallest absolute Gasteiger partial charge is 0.161 e. The summed E-state index contributed by atoms with van der Waals surface area (Å²) in [5.41, 5.74) is 0. The molecule has 0 atom stereocenters. The van der Waals surface area contributed by atoms with E-state index in [1.54, 1.807) is 0 Å². The maximum Gasteiger partial charge on any atom is 0.161 e. The minimum absolute atomic E-state index is 0.681. The van der Waals surface area contributed by atoms with E-state index in [1.807, 2.05) is 0 Å². The molecule has 0 bridgehead atoms. The van der Waals surface area contributed by atoms with Crippen molar-refractivity contribution >= 4 is 32.3 Å². The molecule has 0 aromatic heterocycles. The Morgan fingerprint density at radius 3 is 0.381 bits per heavy atom. The first-order chi connectivity index (χ1) is 41.6. The number of benzene rings is 4. The number of fused-ring (bicyclic) bond motifs is 6. The Morgan fingerprint density at radius 2 is 0.262 bits per heavy atom. The van der Waals surface area contributed by atoms with Crippen LogP contribution in [0.15, 0.2) is 36.4 Å². The molecule has 0 radical (unpaired) electrons. The molecule has 6 heteroatoms. The first-order valence-electron chi connectivity index (χ1n) is 36.9. The molecule has 480 valence electrons. The van der Waals surface area contributed by atoms with Crippen molar-refractivity contribution in [3.8, 4) is 34.5 Å². The quantitative estimate of drug-likeness (QED) is 0.0324. The third-order valence-corrected chi connectivity index (χ3v) is 17.7.